The molecule has 0 aliphatic heterocycles. The molecule has 0 amide bonds. The van der Waals surface area contributed by atoms with Gasteiger partial charge in [-0.05, 0) is 52.7 Å². The zero-order valence-electron chi connectivity index (χ0n) is 11.4. The van der Waals surface area contributed by atoms with E-state index in [4.69, 9.17) is 0 Å². The second kappa shape index (κ2) is 6.77. The molecule has 1 aromatic heterocycles. The summed E-state index contributed by atoms with van der Waals surface area (Å²) in [6.45, 7) is 2.43. The predicted octanol–water partition coefficient (Wildman–Crippen LogP) is 4.44. The lowest BCUT2D eigenvalue weighted by atomic mass is 9.76. The first kappa shape index (κ1) is 16.9. The van der Waals surface area contributed by atoms with Crippen molar-refractivity contribution < 1.29 is 8.42 Å². The van der Waals surface area contributed by atoms with Gasteiger partial charge in [0.15, 0.2) is 0 Å². The summed E-state index contributed by atoms with van der Waals surface area (Å²) in [6, 6.07) is 1.72. The molecule has 0 saturated heterocycles. The van der Waals surface area contributed by atoms with Crippen LogP contribution in [-0.4, -0.2) is 20.3 Å². The van der Waals surface area contributed by atoms with Crippen LogP contribution in [0.1, 0.15) is 37.7 Å². The summed E-state index contributed by atoms with van der Waals surface area (Å²) in [6.07, 6.45) is 5.83. The van der Waals surface area contributed by atoms with E-state index in [1.165, 1.54) is 30.6 Å². The van der Waals surface area contributed by atoms with Crippen molar-refractivity contribution in [3.8, 4) is 0 Å². The summed E-state index contributed by atoms with van der Waals surface area (Å²) < 4.78 is 28.8. The number of halogens is 2. The molecule has 1 aliphatic carbocycles. The van der Waals surface area contributed by atoms with E-state index in [1.54, 1.807) is 6.07 Å². The van der Waals surface area contributed by atoms with E-state index in [9.17, 15) is 8.42 Å². The van der Waals surface area contributed by atoms with Gasteiger partial charge in [0.1, 0.15) is 4.21 Å². The van der Waals surface area contributed by atoms with Gasteiger partial charge in [0.05, 0.1) is 3.79 Å². The first-order chi connectivity index (χ1) is 9.38. The Hall–Kier alpha value is 0.570. The third-order valence-corrected chi connectivity index (χ3v) is 9.14. The van der Waals surface area contributed by atoms with Crippen molar-refractivity contribution >= 4 is 53.2 Å². The van der Waals surface area contributed by atoms with Crippen molar-refractivity contribution in [2.45, 2.75) is 43.2 Å². The van der Waals surface area contributed by atoms with Gasteiger partial charge in [-0.3, -0.25) is 0 Å². The Kier molecular flexibility index (Phi) is 5.73. The number of aryl methyl sites for hydroxylation is 1. The average molecular weight is 445 g/mol. The minimum atomic E-state index is -3.39. The Morgan fingerprint density at radius 1 is 1.35 bits per heavy atom. The summed E-state index contributed by atoms with van der Waals surface area (Å²) >= 11 is 8.22. The molecule has 1 fully saturated rings. The highest BCUT2D eigenvalue weighted by molar-refractivity contribution is 9.11. The van der Waals surface area contributed by atoms with Crippen LogP contribution in [0.25, 0.3) is 0 Å². The van der Waals surface area contributed by atoms with Gasteiger partial charge in [-0.25, -0.2) is 13.1 Å². The fraction of sp³-hybridized carbons (Fsp3) is 0.692. The number of nitrogens with one attached hydrogen (secondary N) is 1. The summed E-state index contributed by atoms with van der Waals surface area (Å²) in [5, 5.41) is 0.857. The molecule has 1 heterocycles. The molecule has 7 heteroatoms. The molecule has 114 valence electrons. The largest absolute Gasteiger partial charge is 0.250 e. The zero-order valence-corrected chi connectivity index (χ0v) is 16.2. The fourth-order valence-electron chi connectivity index (χ4n) is 2.54. The summed E-state index contributed by atoms with van der Waals surface area (Å²) in [5.41, 5.74) is 1.04. The highest BCUT2D eigenvalue weighted by atomic mass is 79.9. The third kappa shape index (κ3) is 3.85. The highest BCUT2D eigenvalue weighted by Gasteiger charge is 2.32. The Morgan fingerprint density at radius 2 is 2.00 bits per heavy atom. The second-order valence-corrected chi connectivity index (χ2v) is 10.5. The van der Waals surface area contributed by atoms with Crippen molar-refractivity contribution in [3.05, 3.63) is 15.4 Å². The monoisotopic (exact) mass is 443 g/mol. The molecule has 0 unspecified atom stereocenters. The molecule has 0 atom stereocenters. The molecule has 20 heavy (non-hydrogen) atoms. The topological polar surface area (TPSA) is 46.2 Å². The van der Waals surface area contributed by atoms with Crippen molar-refractivity contribution in [1.29, 1.82) is 0 Å². The second-order valence-electron chi connectivity index (χ2n) is 5.54. The van der Waals surface area contributed by atoms with Gasteiger partial charge in [-0.1, -0.05) is 35.2 Å². The number of sulfonamides is 1. The SMILES string of the molecule is Cc1cc(S(=O)(=O)NCC2(CBr)CCCCC2)sc1Br. The van der Waals surface area contributed by atoms with E-state index in [0.717, 1.165) is 27.5 Å². The number of hydrogen-bond donors (Lipinski definition) is 1. The molecule has 3 nitrogen and oxygen atoms in total. The first-order valence-corrected chi connectivity index (χ1v) is 10.9. The van der Waals surface area contributed by atoms with Crippen molar-refractivity contribution in [1.82, 2.24) is 4.72 Å². The molecule has 1 aliphatic rings. The molecule has 1 aromatic rings. The van der Waals surface area contributed by atoms with Crippen LogP contribution in [0.3, 0.4) is 0 Å². The van der Waals surface area contributed by atoms with E-state index >= 15 is 0 Å². The van der Waals surface area contributed by atoms with Gasteiger partial charge < -0.3 is 0 Å². The zero-order chi connectivity index (χ0) is 14.8. The molecule has 0 bridgehead atoms. The van der Waals surface area contributed by atoms with Gasteiger partial charge in [-0.2, -0.15) is 0 Å². The number of alkyl halides is 1. The van der Waals surface area contributed by atoms with E-state index in [0.29, 0.717) is 10.8 Å². The Bertz CT molecular complexity index is 543. The van der Waals surface area contributed by atoms with Crippen LogP contribution in [-0.2, 0) is 10.0 Å². The minimum Gasteiger partial charge on any atom is -0.210 e. The first-order valence-electron chi connectivity index (χ1n) is 6.70. The Labute approximate surface area is 141 Å². The van der Waals surface area contributed by atoms with E-state index in [2.05, 4.69) is 36.6 Å². The maximum absolute atomic E-state index is 12.4. The maximum Gasteiger partial charge on any atom is 0.250 e. The normalized spacial score (nSPS) is 19.1. The van der Waals surface area contributed by atoms with Crippen LogP contribution >= 0.6 is 43.2 Å². The van der Waals surface area contributed by atoms with Crippen LogP contribution in [0, 0.1) is 12.3 Å². The lowest BCUT2D eigenvalue weighted by Gasteiger charge is -2.35. The van der Waals surface area contributed by atoms with Gasteiger partial charge in [0, 0.05) is 11.9 Å². The van der Waals surface area contributed by atoms with E-state index < -0.39 is 10.0 Å². The minimum absolute atomic E-state index is 0.0782. The number of rotatable bonds is 5. The van der Waals surface area contributed by atoms with Gasteiger partial charge in [0.2, 0.25) is 10.0 Å². The molecule has 2 rings (SSSR count). The summed E-state index contributed by atoms with van der Waals surface area (Å²) in [5.74, 6) is 0. The summed E-state index contributed by atoms with van der Waals surface area (Å²) in [4.78, 5) is 0. The smallest absolute Gasteiger partial charge is 0.210 e. The summed E-state index contributed by atoms with van der Waals surface area (Å²) in [7, 11) is -3.39. The van der Waals surface area contributed by atoms with Gasteiger partial charge in [-0.15, -0.1) is 11.3 Å². The lowest BCUT2D eigenvalue weighted by molar-refractivity contribution is 0.227. The van der Waals surface area contributed by atoms with Crippen LogP contribution in [0.5, 0.6) is 0 Å². The lowest BCUT2D eigenvalue weighted by Crippen LogP contribution is -2.39. The third-order valence-electron chi connectivity index (χ3n) is 3.93. The maximum atomic E-state index is 12.4. The van der Waals surface area contributed by atoms with E-state index in [1.807, 2.05) is 6.92 Å². The average Bonchev–Trinajstić information content (AvgIpc) is 2.79. The van der Waals surface area contributed by atoms with Crippen LogP contribution < -0.4 is 4.72 Å². The molecule has 0 spiro atoms. The van der Waals surface area contributed by atoms with Crippen molar-refractivity contribution in [2.24, 2.45) is 5.41 Å². The number of hydrogen-bond acceptors (Lipinski definition) is 3. The molecule has 1 saturated carbocycles. The van der Waals surface area contributed by atoms with Crippen LogP contribution in [0.2, 0.25) is 0 Å². The molecule has 0 radical (unpaired) electrons. The van der Waals surface area contributed by atoms with E-state index in [-0.39, 0.29) is 5.41 Å². The predicted molar refractivity (Wildman–Crippen MR) is 91.3 cm³/mol. The van der Waals surface area contributed by atoms with Gasteiger partial charge >= 0.3 is 0 Å². The van der Waals surface area contributed by atoms with Crippen LogP contribution in [0.15, 0.2) is 14.1 Å². The Balaban J connectivity index is 2.08. The van der Waals surface area contributed by atoms with Gasteiger partial charge in [0.25, 0.3) is 0 Å². The quantitative estimate of drug-likeness (QED) is 0.682. The standard InChI is InChI=1S/C13H19Br2NO2S2/c1-10-7-11(19-12(10)15)20(17,18)16-9-13(8-14)5-3-2-4-6-13/h7,16H,2-6,8-9H2,1H3. The molecule has 0 aromatic carbocycles. The van der Waals surface area contributed by atoms with Crippen molar-refractivity contribution in [3.63, 3.8) is 0 Å². The fourth-order valence-corrected chi connectivity index (χ4v) is 6.73. The van der Waals surface area contributed by atoms with Crippen molar-refractivity contribution in [2.75, 3.05) is 11.9 Å². The molecule has 1 N–H and O–H groups in total. The van der Waals surface area contributed by atoms with Crippen LogP contribution in [0.4, 0.5) is 0 Å². The highest BCUT2D eigenvalue weighted by Crippen LogP contribution is 2.38. The molecular weight excluding hydrogens is 426 g/mol. The molecular formula is C13H19Br2NO2S2. The number of thiophene rings is 1. The Morgan fingerprint density at radius 3 is 2.50 bits per heavy atom.